The quantitative estimate of drug-likeness (QED) is 0.143. The third-order valence-electron chi connectivity index (χ3n) is 13.1. The molecule has 9 aromatic rings. The molecule has 5 heteroatoms. The van der Waals surface area contributed by atoms with Gasteiger partial charge in [0.2, 0.25) is 0 Å². The SMILES string of the molecule is [2H]C1(c2ccc3c(c2-c2cccc(-c4c(-c5ccccc5)c(-c5ccccc5)c(-c5ncncn5)c(-c5ccccc5)c4-c4ccccc4)c2)Sc2ccccc2[Si]3(C)C)CCCC1. The molecule has 0 amide bonds. The van der Waals surface area contributed by atoms with Crippen molar-refractivity contribution in [2.24, 2.45) is 0 Å². The van der Waals surface area contributed by atoms with E-state index in [-0.39, 0.29) is 0 Å². The lowest BCUT2D eigenvalue weighted by molar-refractivity contribution is 0.723. The summed E-state index contributed by atoms with van der Waals surface area (Å²) in [4.78, 5) is 16.8. The first kappa shape index (κ1) is 38.0. The second kappa shape index (κ2) is 16.6. The zero-order valence-corrected chi connectivity index (χ0v) is 37.4. The Hall–Kier alpha value is -6.66. The van der Waals surface area contributed by atoms with Crippen molar-refractivity contribution in [3.8, 4) is 78.1 Å². The van der Waals surface area contributed by atoms with Gasteiger partial charge in [-0.2, -0.15) is 0 Å². The Balaban J connectivity index is 1.31. The van der Waals surface area contributed by atoms with Crippen LogP contribution in [0.15, 0.2) is 204 Å². The second-order valence-electron chi connectivity index (χ2n) is 17.2. The molecule has 0 bridgehead atoms. The van der Waals surface area contributed by atoms with Crippen LogP contribution in [-0.4, -0.2) is 23.0 Å². The molecule has 1 aliphatic carbocycles. The summed E-state index contributed by atoms with van der Waals surface area (Å²) in [6, 6.07) is 66.2. The third kappa shape index (κ3) is 6.97. The fraction of sp³-hybridized carbons (Fsp3) is 0.121. The van der Waals surface area contributed by atoms with Crippen LogP contribution in [0.2, 0.25) is 13.1 Å². The highest BCUT2D eigenvalue weighted by molar-refractivity contribution is 8.00. The van der Waals surface area contributed by atoms with Crippen LogP contribution in [0.1, 0.15) is 38.5 Å². The molecule has 1 fully saturated rings. The largest absolute Gasteiger partial charge is 0.225 e. The maximum absolute atomic E-state index is 10.1. The lowest BCUT2D eigenvalue weighted by Crippen LogP contribution is -2.56. The third-order valence-corrected chi connectivity index (χ3v) is 18.2. The molecule has 8 aromatic carbocycles. The van der Waals surface area contributed by atoms with E-state index >= 15 is 0 Å². The molecular formula is C58H47N3SSi. The molecule has 1 aliphatic heterocycles. The highest BCUT2D eigenvalue weighted by atomic mass is 32.2. The summed E-state index contributed by atoms with van der Waals surface area (Å²) in [5.41, 5.74) is 15.4. The Bertz CT molecular complexity index is 3050. The second-order valence-corrected chi connectivity index (χ2v) is 22.5. The summed E-state index contributed by atoms with van der Waals surface area (Å²) in [5.74, 6) is -0.0365. The molecule has 0 saturated heterocycles. The Labute approximate surface area is 377 Å². The fourth-order valence-electron chi connectivity index (χ4n) is 10.2. The van der Waals surface area contributed by atoms with E-state index in [1.54, 1.807) is 12.7 Å². The van der Waals surface area contributed by atoms with Gasteiger partial charge in [0, 0.05) is 27.9 Å². The smallest absolute Gasteiger partial charge is 0.163 e. The topological polar surface area (TPSA) is 38.7 Å². The highest BCUT2D eigenvalue weighted by Gasteiger charge is 2.38. The van der Waals surface area contributed by atoms with Gasteiger partial charge in [-0.05, 0) is 102 Å². The number of hydrogen-bond donors (Lipinski definition) is 0. The zero-order chi connectivity index (χ0) is 43.3. The van der Waals surface area contributed by atoms with E-state index in [2.05, 4.69) is 200 Å². The Morgan fingerprint density at radius 3 is 1.44 bits per heavy atom. The van der Waals surface area contributed by atoms with E-state index in [1.165, 1.54) is 25.7 Å². The monoisotopic (exact) mass is 846 g/mol. The van der Waals surface area contributed by atoms with Crippen molar-refractivity contribution < 1.29 is 1.37 Å². The van der Waals surface area contributed by atoms with Gasteiger partial charge in [0.25, 0.3) is 0 Å². The van der Waals surface area contributed by atoms with Crippen molar-refractivity contribution in [3.05, 3.63) is 200 Å². The Morgan fingerprint density at radius 2 is 0.905 bits per heavy atom. The Morgan fingerprint density at radius 1 is 0.460 bits per heavy atom. The highest BCUT2D eigenvalue weighted by Crippen LogP contribution is 2.56. The van der Waals surface area contributed by atoms with Crippen molar-refractivity contribution >= 4 is 30.2 Å². The van der Waals surface area contributed by atoms with E-state index in [0.717, 1.165) is 98.0 Å². The van der Waals surface area contributed by atoms with Crippen molar-refractivity contribution in [3.63, 3.8) is 0 Å². The van der Waals surface area contributed by atoms with Gasteiger partial charge < -0.3 is 0 Å². The van der Waals surface area contributed by atoms with Gasteiger partial charge in [-0.3, -0.25) is 0 Å². The van der Waals surface area contributed by atoms with Crippen LogP contribution in [0, 0.1) is 0 Å². The Kier molecular flexibility index (Phi) is 10.00. The van der Waals surface area contributed by atoms with Crippen molar-refractivity contribution in [1.29, 1.82) is 0 Å². The first-order valence-corrected chi connectivity index (χ1v) is 25.9. The van der Waals surface area contributed by atoms with Gasteiger partial charge in [-0.25, -0.2) is 15.0 Å². The average molecular weight is 847 g/mol. The number of hydrogen-bond acceptors (Lipinski definition) is 4. The lowest BCUT2D eigenvalue weighted by Gasteiger charge is -2.35. The molecule has 0 radical (unpaired) electrons. The summed E-state index contributed by atoms with van der Waals surface area (Å²) < 4.78 is 10.1. The number of benzene rings is 8. The zero-order valence-electron chi connectivity index (χ0n) is 36.6. The van der Waals surface area contributed by atoms with Crippen LogP contribution < -0.4 is 10.4 Å². The van der Waals surface area contributed by atoms with E-state index in [9.17, 15) is 1.37 Å². The van der Waals surface area contributed by atoms with Gasteiger partial charge in [-0.1, -0.05) is 208 Å². The predicted molar refractivity (Wildman–Crippen MR) is 266 cm³/mol. The maximum atomic E-state index is 10.1. The minimum atomic E-state index is -2.09. The molecule has 2 aliphatic rings. The van der Waals surface area contributed by atoms with Crippen LogP contribution >= 0.6 is 11.8 Å². The minimum Gasteiger partial charge on any atom is -0.225 e. The normalized spacial score (nSPS) is 15.0. The lowest BCUT2D eigenvalue weighted by atomic mass is 9.75. The maximum Gasteiger partial charge on any atom is 0.163 e. The molecule has 63 heavy (non-hydrogen) atoms. The number of nitrogens with zero attached hydrogens (tertiary/aromatic N) is 3. The molecule has 1 aromatic heterocycles. The number of aromatic nitrogens is 3. The van der Waals surface area contributed by atoms with Crippen LogP contribution in [0.3, 0.4) is 0 Å². The fourth-order valence-corrected chi connectivity index (χ4v) is 15.8. The molecule has 304 valence electrons. The molecule has 2 heterocycles. The average Bonchev–Trinajstić information content (AvgIpc) is 3.81. The number of rotatable bonds is 8. The van der Waals surface area contributed by atoms with Crippen LogP contribution in [0.5, 0.6) is 0 Å². The summed E-state index contributed by atoms with van der Waals surface area (Å²) in [6.07, 6.45) is 7.11. The molecule has 0 N–H and O–H groups in total. The van der Waals surface area contributed by atoms with E-state index in [0.29, 0.717) is 5.82 Å². The van der Waals surface area contributed by atoms with Gasteiger partial charge in [0.1, 0.15) is 20.7 Å². The summed E-state index contributed by atoms with van der Waals surface area (Å²) in [5, 5.41) is 2.94. The minimum absolute atomic E-state index is 0.615. The standard InChI is InChI=1S/C58H47N3SSi/c1-63(2)48-33-18-17-32-47(48)62-57-49(63)35-34-46(39-20-15-16-21-39)50(57)44-30-19-31-45(36-44)55-51(40-22-7-3-8-23-40)53(42-26-11-5-12-27-42)56(58-60-37-59-38-61-58)54(43-28-13-6-14-29-43)52(55)41-24-9-4-10-25-41/h3-14,17-19,22-39H,15-16,20-21H2,1-2H3/i39D. The molecule has 0 atom stereocenters. The molecule has 0 unspecified atom stereocenters. The van der Waals surface area contributed by atoms with E-state index < -0.39 is 14.0 Å². The van der Waals surface area contributed by atoms with Crippen LogP contribution in [-0.2, 0) is 0 Å². The van der Waals surface area contributed by atoms with Crippen LogP contribution in [0.4, 0.5) is 0 Å². The van der Waals surface area contributed by atoms with E-state index in [1.807, 2.05) is 11.8 Å². The van der Waals surface area contributed by atoms with Crippen molar-refractivity contribution in [1.82, 2.24) is 15.0 Å². The molecule has 1 saturated carbocycles. The summed E-state index contributed by atoms with van der Waals surface area (Å²) >= 11 is 1.91. The first-order chi connectivity index (χ1) is 31.4. The van der Waals surface area contributed by atoms with Crippen molar-refractivity contribution in [2.45, 2.75) is 54.5 Å². The number of fused-ring (bicyclic) bond motifs is 2. The molecule has 0 spiro atoms. The van der Waals surface area contributed by atoms with Gasteiger partial charge in [0.15, 0.2) is 5.82 Å². The summed E-state index contributed by atoms with van der Waals surface area (Å²) in [6.45, 7) is 5.00. The molecule has 11 rings (SSSR count). The van der Waals surface area contributed by atoms with Gasteiger partial charge in [0.05, 0.1) is 0 Å². The van der Waals surface area contributed by atoms with Crippen molar-refractivity contribution in [2.75, 3.05) is 0 Å². The van der Waals surface area contributed by atoms with Crippen LogP contribution in [0.25, 0.3) is 78.1 Å². The first-order valence-electron chi connectivity index (χ1n) is 22.5. The van der Waals surface area contributed by atoms with E-state index in [4.69, 9.17) is 9.97 Å². The molecule has 3 nitrogen and oxygen atoms in total. The predicted octanol–water partition coefficient (Wildman–Crippen LogP) is 14.5. The van der Waals surface area contributed by atoms with Gasteiger partial charge in [-0.15, -0.1) is 0 Å². The molecular weight excluding hydrogens is 799 g/mol. The summed E-state index contributed by atoms with van der Waals surface area (Å²) in [7, 11) is -2.09. The van der Waals surface area contributed by atoms with Gasteiger partial charge >= 0.3 is 0 Å².